The normalized spacial score (nSPS) is 22.6. The van der Waals surface area contributed by atoms with Crippen LogP contribution in [0.3, 0.4) is 0 Å². The second-order valence-electron chi connectivity index (χ2n) is 3.44. The molecule has 0 spiro atoms. The maximum absolute atomic E-state index is 11.8. The lowest BCUT2D eigenvalue weighted by Gasteiger charge is -2.25. The highest BCUT2D eigenvalue weighted by atomic mass is 127. The maximum Gasteiger partial charge on any atom is 0.251 e. The molecule has 86 valence electrons. The molecular weight excluding hydrogens is 329 g/mol. The fourth-order valence-electron chi connectivity index (χ4n) is 1.66. The fourth-order valence-corrected chi connectivity index (χ4v) is 2.17. The largest absolute Gasteiger partial charge is 0.329 e. The molecule has 0 radical (unpaired) electrons. The Hall–Kier alpha value is -0.0200. The molecule has 1 aliphatic rings. The number of nitrogens with two attached hydrogens (primary N) is 1. The fraction of sp³-hybridized carbons (Fsp3) is 0.750. The molecule has 1 aliphatic heterocycles. The number of rotatable bonds is 3. The Morgan fingerprint density at radius 3 is 2.87 bits per heavy atom. The third kappa shape index (κ3) is 2.97. The highest BCUT2D eigenvalue weighted by molar-refractivity contribution is 14.1. The van der Waals surface area contributed by atoms with E-state index in [9.17, 15) is 9.59 Å². The first-order valence-electron chi connectivity index (χ1n) is 4.69. The summed E-state index contributed by atoms with van der Waals surface area (Å²) in [6.07, 6.45) is 1.56. The summed E-state index contributed by atoms with van der Waals surface area (Å²) in [5, 5.41) is 0. The summed E-state index contributed by atoms with van der Waals surface area (Å²) in [4.78, 5) is 24.8. The van der Waals surface area contributed by atoms with Gasteiger partial charge >= 0.3 is 0 Å². The molecule has 7 heteroatoms. The molecule has 1 saturated heterocycles. The molecule has 0 aromatic rings. The standard InChI is InChI=1S/C8H14IN3O2S/c9-11-7(13)6-2-1-3-12(6)8(14)5(10)4-15/h5-6,15H,1-4,10H2,(H,11,13)/t5-,6+/m0/s1. The highest BCUT2D eigenvalue weighted by Crippen LogP contribution is 2.18. The van der Waals surface area contributed by atoms with E-state index in [1.165, 1.54) is 0 Å². The van der Waals surface area contributed by atoms with Gasteiger partial charge in [-0.05, 0) is 12.8 Å². The lowest BCUT2D eigenvalue weighted by atomic mass is 10.2. The van der Waals surface area contributed by atoms with Crippen molar-refractivity contribution in [3.8, 4) is 0 Å². The Kier molecular flexibility index (Phi) is 5.13. The highest BCUT2D eigenvalue weighted by Gasteiger charge is 2.35. The minimum absolute atomic E-state index is 0.132. The molecule has 1 rings (SSSR count). The molecule has 0 aromatic carbocycles. The molecule has 1 heterocycles. The van der Waals surface area contributed by atoms with Crippen molar-refractivity contribution < 1.29 is 9.59 Å². The van der Waals surface area contributed by atoms with Crippen LogP contribution in [0.25, 0.3) is 0 Å². The first-order valence-corrected chi connectivity index (χ1v) is 6.40. The molecular formula is C8H14IN3O2S. The summed E-state index contributed by atoms with van der Waals surface area (Å²) in [6, 6.07) is -0.976. The average Bonchev–Trinajstić information content (AvgIpc) is 2.74. The number of thiol groups is 1. The molecule has 0 unspecified atom stereocenters. The van der Waals surface area contributed by atoms with Crippen LogP contribution in [0, 0.1) is 0 Å². The molecule has 5 nitrogen and oxygen atoms in total. The van der Waals surface area contributed by atoms with Gasteiger partial charge < -0.3 is 10.6 Å². The Morgan fingerprint density at radius 2 is 2.33 bits per heavy atom. The summed E-state index contributed by atoms with van der Waals surface area (Å²) < 4.78 is 2.53. The van der Waals surface area contributed by atoms with Gasteiger partial charge in [0.25, 0.3) is 5.91 Å². The second-order valence-corrected chi connectivity index (χ2v) is 4.34. The van der Waals surface area contributed by atoms with E-state index >= 15 is 0 Å². The van der Waals surface area contributed by atoms with Gasteiger partial charge in [-0.2, -0.15) is 12.6 Å². The third-order valence-corrected chi connectivity index (χ3v) is 3.37. The van der Waals surface area contributed by atoms with Crippen molar-refractivity contribution in [2.75, 3.05) is 12.3 Å². The van der Waals surface area contributed by atoms with Crippen LogP contribution >= 0.6 is 35.5 Å². The summed E-state index contributed by atoms with van der Waals surface area (Å²) in [7, 11) is 0. The van der Waals surface area contributed by atoms with E-state index in [0.29, 0.717) is 18.7 Å². The molecule has 0 saturated carbocycles. The van der Waals surface area contributed by atoms with Crippen molar-refractivity contribution in [1.82, 2.24) is 8.43 Å². The molecule has 0 aliphatic carbocycles. The van der Waals surface area contributed by atoms with Crippen LogP contribution in [-0.4, -0.2) is 41.1 Å². The number of carbonyl (C=O) groups is 2. The number of nitrogens with zero attached hydrogens (tertiary/aromatic N) is 1. The number of hydrogen-bond donors (Lipinski definition) is 3. The number of likely N-dealkylation sites (tertiary alicyclic amines) is 1. The third-order valence-electron chi connectivity index (χ3n) is 2.45. The molecule has 2 atom stereocenters. The minimum Gasteiger partial charge on any atom is -0.329 e. The maximum atomic E-state index is 11.8. The first kappa shape index (κ1) is 13.0. The smallest absolute Gasteiger partial charge is 0.251 e. The molecule has 0 aromatic heterocycles. The molecule has 15 heavy (non-hydrogen) atoms. The SMILES string of the molecule is N[C@@H](CS)C(=O)N1CCC[C@@H]1C(=O)NI. The van der Waals surface area contributed by atoms with E-state index < -0.39 is 6.04 Å². The first-order chi connectivity index (χ1) is 7.11. The zero-order valence-corrected chi connectivity index (χ0v) is 11.2. The van der Waals surface area contributed by atoms with Crippen LogP contribution in [0.5, 0.6) is 0 Å². The van der Waals surface area contributed by atoms with Crippen molar-refractivity contribution in [3.63, 3.8) is 0 Å². The Labute approximate surface area is 108 Å². The zero-order valence-electron chi connectivity index (χ0n) is 8.15. The van der Waals surface area contributed by atoms with Crippen molar-refractivity contribution in [2.45, 2.75) is 24.9 Å². The molecule has 0 bridgehead atoms. The van der Waals surface area contributed by atoms with E-state index in [0.717, 1.165) is 6.42 Å². The van der Waals surface area contributed by atoms with E-state index in [1.807, 2.05) is 0 Å². The predicted molar refractivity (Wildman–Crippen MR) is 68.7 cm³/mol. The number of halogens is 1. The number of carbonyl (C=O) groups excluding carboxylic acids is 2. The van der Waals surface area contributed by atoms with E-state index in [1.54, 1.807) is 27.8 Å². The van der Waals surface area contributed by atoms with Crippen LogP contribution < -0.4 is 9.26 Å². The predicted octanol–water partition coefficient (Wildman–Crippen LogP) is -0.299. The summed E-state index contributed by atoms with van der Waals surface area (Å²) >= 11 is 5.76. The van der Waals surface area contributed by atoms with Crippen LogP contribution in [0.1, 0.15) is 12.8 Å². The topological polar surface area (TPSA) is 75.4 Å². The number of amides is 2. The van der Waals surface area contributed by atoms with Gasteiger partial charge in [-0.25, -0.2) is 0 Å². The Balaban J connectivity index is 2.68. The van der Waals surface area contributed by atoms with Crippen molar-refractivity contribution in [3.05, 3.63) is 0 Å². The second kappa shape index (κ2) is 5.90. The van der Waals surface area contributed by atoms with Gasteiger partial charge in [0.1, 0.15) is 6.04 Å². The Bertz CT molecular complexity index is 264. The Morgan fingerprint density at radius 1 is 1.67 bits per heavy atom. The van der Waals surface area contributed by atoms with Crippen LogP contribution in [-0.2, 0) is 9.59 Å². The number of hydrogen-bond acceptors (Lipinski definition) is 4. The van der Waals surface area contributed by atoms with E-state index in [2.05, 4.69) is 16.2 Å². The lowest BCUT2D eigenvalue weighted by Crippen LogP contribution is -2.50. The number of nitrogens with one attached hydrogen (secondary N) is 1. The summed E-state index contributed by atoms with van der Waals surface area (Å²) in [5.74, 6) is -0.0196. The van der Waals surface area contributed by atoms with Crippen molar-refractivity contribution >= 4 is 47.3 Å². The van der Waals surface area contributed by atoms with Crippen LogP contribution in [0.4, 0.5) is 0 Å². The van der Waals surface area contributed by atoms with Gasteiger partial charge in [-0.3, -0.25) is 13.1 Å². The van der Waals surface area contributed by atoms with Gasteiger partial charge in [0.05, 0.1) is 28.9 Å². The van der Waals surface area contributed by atoms with Gasteiger partial charge in [0.2, 0.25) is 5.91 Å². The summed E-state index contributed by atoms with van der Waals surface area (Å²) in [5.41, 5.74) is 5.60. The quantitative estimate of drug-likeness (QED) is 0.374. The van der Waals surface area contributed by atoms with Gasteiger partial charge in [-0.1, -0.05) is 0 Å². The van der Waals surface area contributed by atoms with Gasteiger partial charge in [-0.15, -0.1) is 0 Å². The van der Waals surface area contributed by atoms with Crippen molar-refractivity contribution in [2.24, 2.45) is 5.73 Å². The van der Waals surface area contributed by atoms with Crippen LogP contribution in [0.15, 0.2) is 0 Å². The average molecular weight is 343 g/mol. The molecule has 2 amide bonds. The van der Waals surface area contributed by atoms with E-state index in [4.69, 9.17) is 5.73 Å². The van der Waals surface area contributed by atoms with Crippen LogP contribution in [0.2, 0.25) is 0 Å². The minimum atomic E-state index is -0.615. The lowest BCUT2D eigenvalue weighted by molar-refractivity contribution is -0.138. The van der Waals surface area contributed by atoms with Gasteiger partial charge in [0.15, 0.2) is 0 Å². The zero-order chi connectivity index (χ0) is 11.4. The van der Waals surface area contributed by atoms with Gasteiger partial charge in [0, 0.05) is 12.3 Å². The van der Waals surface area contributed by atoms with E-state index in [-0.39, 0.29) is 17.9 Å². The molecule has 3 N–H and O–H groups in total. The summed E-state index contributed by atoms with van der Waals surface area (Å²) in [6.45, 7) is 0.606. The monoisotopic (exact) mass is 343 g/mol. The molecule has 1 fully saturated rings. The van der Waals surface area contributed by atoms with Crippen molar-refractivity contribution in [1.29, 1.82) is 0 Å².